The molecule has 0 saturated heterocycles. The number of hydrogen-bond donors (Lipinski definition) is 2. The van der Waals surface area contributed by atoms with Gasteiger partial charge in [0.25, 0.3) is 5.91 Å². The van der Waals surface area contributed by atoms with Crippen LogP contribution in [-0.4, -0.2) is 65.2 Å². The highest BCUT2D eigenvalue weighted by Crippen LogP contribution is 2.38. The monoisotopic (exact) mass is 314 g/mol. The maximum Gasteiger partial charge on any atom is 0.343 e. The maximum atomic E-state index is 12.0. The minimum absolute atomic E-state index is 0.165. The molecule has 0 atom stereocenters. The van der Waals surface area contributed by atoms with Gasteiger partial charge in [0.05, 0.1) is 12.8 Å². The number of nitrogens with two attached hydrogens (primary N) is 1. The van der Waals surface area contributed by atoms with E-state index in [4.69, 9.17) is 10.5 Å². The lowest BCUT2D eigenvalue weighted by Crippen LogP contribution is -2.29. The topological polar surface area (TPSA) is 87.9 Å². The second-order valence-corrected chi connectivity index (χ2v) is 5.82. The summed E-state index contributed by atoms with van der Waals surface area (Å²) in [4.78, 5) is 28.1. The van der Waals surface area contributed by atoms with E-state index in [0.29, 0.717) is 16.4 Å². The molecule has 1 amide bonds. The van der Waals surface area contributed by atoms with Crippen LogP contribution in [0.15, 0.2) is 0 Å². The van der Waals surface area contributed by atoms with Crippen LogP contribution in [0, 0.1) is 0 Å². The Kier molecular flexibility index (Phi) is 5.98. The van der Waals surface area contributed by atoms with Gasteiger partial charge in [0, 0.05) is 27.2 Å². The zero-order valence-corrected chi connectivity index (χ0v) is 13.8. The fraction of sp³-hybridized carbons (Fsp3) is 0.538. The average Bonchev–Trinajstić information content (AvgIpc) is 2.80. The Morgan fingerprint density at radius 2 is 1.90 bits per heavy atom. The van der Waals surface area contributed by atoms with Gasteiger partial charge in [-0.25, -0.2) is 4.79 Å². The van der Waals surface area contributed by atoms with Crippen molar-refractivity contribution >= 4 is 33.9 Å². The molecule has 0 fully saturated rings. The Morgan fingerprint density at radius 3 is 2.38 bits per heavy atom. The molecule has 0 aliphatic heterocycles. The van der Waals surface area contributed by atoms with Crippen LogP contribution in [0.4, 0.5) is 10.7 Å². The highest BCUT2D eigenvalue weighted by atomic mass is 32.1. The lowest BCUT2D eigenvalue weighted by molar-refractivity contribution is 0.0603. The van der Waals surface area contributed by atoms with E-state index in [0.717, 1.165) is 6.54 Å². The van der Waals surface area contributed by atoms with Crippen LogP contribution in [0.25, 0.3) is 0 Å². The van der Waals surface area contributed by atoms with Gasteiger partial charge in [-0.1, -0.05) is 0 Å². The first-order valence-corrected chi connectivity index (χ1v) is 7.23. The number of ether oxygens (including phenoxy) is 1. The van der Waals surface area contributed by atoms with E-state index in [9.17, 15) is 9.59 Å². The first kappa shape index (κ1) is 17.3. The number of rotatable bonds is 6. The molecule has 1 heterocycles. The minimum Gasteiger partial charge on any atom is -0.465 e. The van der Waals surface area contributed by atoms with Crippen LogP contribution in [0.3, 0.4) is 0 Å². The van der Waals surface area contributed by atoms with Crippen molar-refractivity contribution < 1.29 is 14.3 Å². The first-order valence-electron chi connectivity index (χ1n) is 6.42. The third kappa shape index (κ3) is 3.85. The van der Waals surface area contributed by atoms with Crippen molar-refractivity contribution in [2.45, 2.75) is 0 Å². The molecule has 1 aromatic rings. The molecule has 0 aliphatic rings. The summed E-state index contributed by atoms with van der Waals surface area (Å²) in [6, 6.07) is 0. The largest absolute Gasteiger partial charge is 0.465 e. The van der Waals surface area contributed by atoms with Crippen LogP contribution < -0.4 is 16.0 Å². The molecule has 21 heavy (non-hydrogen) atoms. The zero-order chi connectivity index (χ0) is 16.2. The molecule has 8 heteroatoms. The number of nitrogens with one attached hydrogen (secondary N) is 1. The standard InChI is InChI=1S/C13H22N4O3S/c1-15-11(18)10-9(14)8(13(19)20-5)12(21-10)17(4)7-6-16(2)3/h6-7,14H2,1-5H3,(H,15,18). The second-order valence-electron chi connectivity index (χ2n) is 4.82. The number of hydrogen-bond acceptors (Lipinski definition) is 7. The Morgan fingerprint density at radius 1 is 1.29 bits per heavy atom. The van der Waals surface area contributed by atoms with Crippen molar-refractivity contribution in [3.05, 3.63) is 10.4 Å². The third-order valence-electron chi connectivity index (χ3n) is 2.98. The summed E-state index contributed by atoms with van der Waals surface area (Å²) in [5.74, 6) is -0.847. The quantitative estimate of drug-likeness (QED) is 0.742. The summed E-state index contributed by atoms with van der Waals surface area (Å²) in [6.45, 7) is 1.51. The lowest BCUT2D eigenvalue weighted by Gasteiger charge is -2.20. The number of thiophene rings is 1. The van der Waals surface area contributed by atoms with Gasteiger partial charge < -0.3 is 25.6 Å². The van der Waals surface area contributed by atoms with Crippen molar-refractivity contribution in [3.63, 3.8) is 0 Å². The predicted molar refractivity (Wildman–Crippen MR) is 85.3 cm³/mol. The summed E-state index contributed by atoms with van der Waals surface area (Å²) in [5.41, 5.74) is 6.38. The van der Waals surface area contributed by atoms with Gasteiger partial charge in [0.2, 0.25) is 0 Å². The van der Waals surface area contributed by atoms with Gasteiger partial charge >= 0.3 is 5.97 Å². The van der Waals surface area contributed by atoms with Gasteiger partial charge in [-0.3, -0.25) is 4.79 Å². The van der Waals surface area contributed by atoms with E-state index in [-0.39, 0.29) is 17.2 Å². The molecule has 118 valence electrons. The summed E-state index contributed by atoms with van der Waals surface area (Å²) in [6.07, 6.45) is 0. The normalized spacial score (nSPS) is 10.6. The number of likely N-dealkylation sites (N-methyl/N-ethyl adjacent to an activating group) is 2. The van der Waals surface area contributed by atoms with Crippen LogP contribution in [-0.2, 0) is 4.74 Å². The van der Waals surface area contributed by atoms with E-state index in [2.05, 4.69) is 5.32 Å². The summed E-state index contributed by atoms with van der Waals surface area (Å²) >= 11 is 1.19. The summed E-state index contributed by atoms with van der Waals surface area (Å²) in [5, 5.41) is 3.16. The molecule has 0 spiro atoms. The number of carbonyl (C=O) groups excluding carboxylic acids is 2. The molecule has 0 unspecified atom stereocenters. The van der Waals surface area contributed by atoms with E-state index >= 15 is 0 Å². The number of nitrogen functional groups attached to an aromatic ring is 1. The smallest absolute Gasteiger partial charge is 0.343 e. The molecular weight excluding hydrogens is 292 g/mol. The van der Waals surface area contributed by atoms with Crippen molar-refractivity contribution in [2.75, 3.05) is 59.0 Å². The number of amides is 1. The number of esters is 1. The molecule has 3 N–H and O–H groups in total. The molecule has 1 rings (SSSR count). The Bertz CT molecular complexity index is 528. The Balaban J connectivity index is 3.22. The first-order chi connectivity index (χ1) is 9.83. The molecule has 7 nitrogen and oxygen atoms in total. The molecule has 1 aromatic heterocycles. The highest BCUT2D eigenvalue weighted by molar-refractivity contribution is 7.19. The van der Waals surface area contributed by atoms with Crippen molar-refractivity contribution in [1.29, 1.82) is 0 Å². The summed E-state index contributed by atoms with van der Waals surface area (Å²) in [7, 11) is 8.60. The molecule has 0 aliphatic carbocycles. The van der Waals surface area contributed by atoms with Gasteiger partial charge in [0.15, 0.2) is 0 Å². The van der Waals surface area contributed by atoms with Crippen LogP contribution in [0.1, 0.15) is 20.0 Å². The minimum atomic E-state index is -0.536. The molecular formula is C13H22N4O3S. The Labute approximate surface area is 128 Å². The third-order valence-corrected chi connectivity index (χ3v) is 4.30. The lowest BCUT2D eigenvalue weighted by atomic mass is 10.2. The number of anilines is 2. The van der Waals surface area contributed by atoms with Crippen molar-refractivity contribution in [2.24, 2.45) is 0 Å². The highest BCUT2D eigenvalue weighted by Gasteiger charge is 2.27. The van der Waals surface area contributed by atoms with Crippen LogP contribution in [0.2, 0.25) is 0 Å². The molecule has 0 radical (unpaired) electrons. The van der Waals surface area contributed by atoms with E-state index in [1.807, 2.05) is 30.9 Å². The number of carbonyl (C=O) groups is 2. The summed E-state index contributed by atoms with van der Waals surface area (Å²) < 4.78 is 4.78. The van der Waals surface area contributed by atoms with Gasteiger partial charge in [-0.2, -0.15) is 0 Å². The fourth-order valence-corrected chi connectivity index (χ4v) is 2.88. The van der Waals surface area contributed by atoms with Crippen LogP contribution >= 0.6 is 11.3 Å². The second kappa shape index (κ2) is 7.28. The van der Waals surface area contributed by atoms with E-state index < -0.39 is 5.97 Å². The average molecular weight is 314 g/mol. The predicted octanol–water partition coefficient (Wildman–Crippen LogP) is 0.474. The number of methoxy groups -OCH3 is 1. The van der Waals surface area contributed by atoms with Gasteiger partial charge in [-0.15, -0.1) is 11.3 Å². The molecule has 0 bridgehead atoms. The fourth-order valence-electron chi connectivity index (χ4n) is 1.73. The van der Waals surface area contributed by atoms with E-state index in [1.165, 1.54) is 25.5 Å². The molecule has 0 aromatic carbocycles. The molecule has 0 saturated carbocycles. The maximum absolute atomic E-state index is 12.0. The van der Waals surface area contributed by atoms with Gasteiger partial charge in [0.1, 0.15) is 15.4 Å². The Hall–Kier alpha value is -1.80. The van der Waals surface area contributed by atoms with Crippen LogP contribution in [0.5, 0.6) is 0 Å². The van der Waals surface area contributed by atoms with E-state index in [1.54, 1.807) is 0 Å². The SMILES string of the molecule is CNC(=O)c1sc(N(C)CCN(C)C)c(C(=O)OC)c1N. The van der Waals surface area contributed by atoms with Crippen molar-refractivity contribution in [1.82, 2.24) is 10.2 Å². The number of nitrogens with zero attached hydrogens (tertiary/aromatic N) is 2. The van der Waals surface area contributed by atoms with Gasteiger partial charge in [-0.05, 0) is 14.1 Å². The van der Waals surface area contributed by atoms with Crippen molar-refractivity contribution in [3.8, 4) is 0 Å². The zero-order valence-electron chi connectivity index (χ0n) is 13.0.